The molecule has 104 valence electrons. The summed E-state index contributed by atoms with van der Waals surface area (Å²) in [6.07, 6.45) is 1.91. The number of phenols is 1. The average molecular weight is 283 g/mol. The monoisotopic (exact) mass is 282 g/mol. The number of benzene rings is 1. The van der Waals surface area contributed by atoms with Gasteiger partial charge >= 0.3 is 0 Å². The number of piperidine rings is 1. The predicted molar refractivity (Wildman–Crippen MR) is 75.7 cm³/mol. The zero-order valence-electron chi connectivity index (χ0n) is 11.0. The van der Waals surface area contributed by atoms with Crippen LogP contribution in [0.15, 0.2) is 18.2 Å². The number of carbonyl (C=O) groups excluding carboxylic acids is 1. The fourth-order valence-corrected chi connectivity index (χ4v) is 2.62. The number of nitrogens with one attached hydrogen (secondary N) is 1. The van der Waals surface area contributed by atoms with E-state index in [4.69, 9.17) is 11.6 Å². The van der Waals surface area contributed by atoms with Gasteiger partial charge < -0.3 is 15.3 Å². The summed E-state index contributed by atoms with van der Waals surface area (Å²) >= 11 is 6.02. The van der Waals surface area contributed by atoms with Gasteiger partial charge in [0.25, 0.3) is 5.91 Å². The van der Waals surface area contributed by atoms with Crippen molar-refractivity contribution in [1.29, 1.82) is 0 Å². The molecule has 1 aromatic rings. The Morgan fingerprint density at radius 2 is 2.16 bits per heavy atom. The van der Waals surface area contributed by atoms with Gasteiger partial charge in [0, 0.05) is 19.1 Å². The van der Waals surface area contributed by atoms with E-state index in [9.17, 15) is 9.90 Å². The molecule has 0 atom stereocenters. The van der Waals surface area contributed by atoms with Crippen molar-refractivity contribution < 1.29 is 9.90 Å². The number of rotatable bonds is 3. The molecule has 0 aliphatic carbocycles. The Morgan fingerprint density at radius 3 is 2.79 bits per heavy atom. The van der Waals surface area contributed by atoms with Gasteiger partial charge in [-0.3, -0.25) is 4.79 Å². The summed E-state index contributed by atoms with van der Waals surface area (Å²) in [7, 11) is 0. The Morgan fingerprint density at radius 1 is 1.47 bits per heavy atom. The van der Waals surface area contributed by atoms with Crippen LogP contribution in [0.3, 0.4) is 0 Å². The van der Waals surface area contributed by atoms with E-state index in [-0.39, 0.29) is 11.7 Å². The predicted octanol–water partition coefficient (Wildman–Crippen LogP) is 2.26. The molecule has 0 saturated carbocycles. The van der Waals surface area contributed by atoms with Crippen molar-refractivity contribution in [2.45, 2.75) is 25.8 Å². The highest BCUT2D eigenvalue weighted by molar-refractivity contribution is 6.33. The van der Waals surface area contributed by atoms with Crippen LogP contribution in [0.2, 0.25) is 5.02 Å². The fraction of sp³-hybridized carbons (Fsp3) is 0.500. The summed E-state index contributed by atoms with van der Waals surface area (Å²) in [5.41, 5.74) is 0.378. The summed E-state index contributed by atoms with van der Waals surface area (Å²) in [4.78, 5) is 14.1. The molecule has 4 nitrogen and oxygen atoms in total. The van der Waals surface area contributed by atoms with Crippen LogP contribution in [0, 0.1) is 0 Å². The highest BCUT2D eigenvalue weighted by Gasteiger charge is 2.24. The zero-order valence-corrected chi connectivity index (χ0v) is 11.8. The number of aromatic hydroxyl groups is 1. The smallest absolute Gasteiger partial charge is 0.255 e. The second-order valence-corrected chi connectivity index (χ2v) is 5.20. The summed E-state index contributed by atoms with van der Waals surface area (Å²) in [6.45, 7) is 4.49. The van der Waals surface area contributed by atoms with Crippen LogP contribution < -0.4 is 5.32 Å². The van der Waals surface area contributed by atoms with E-state index in [1.807, 2.05) is 0 Å². The van der Waals surface area contributed by atoms with Crippen molar-refractivity contribution in [3.05, 3.63) is 28.8 Å². The number of halogens is 1. The lowest BCUT2D eigenvalue weighted by Crippen LogP contribution is -2.44. The summed E-state index contributed by atoms with van der Waals surface area (Å²) < 4.78 is 0. The molecule has 2 rings (SSSR count). The van der Waals surface area contributed by atoms with Crippen LogP contribution >= 0.6 is 11.6 Å². The van der Waals surface area contributed by atoms with Gasteiger partial charge in [0.1, 0.15) is 5.75 Å². The number of carbonyl (C=O) groups is 1. The Bertz CT molecular complexity index is 457. The minimum Gasteiger partial charge on any atom is -0.508 e. The van der Waals surface area contributed by atoms with Crippen molar-refractivity contribution in [2.75, 3.05) is 19.6 Å². The zero-order chi connectivity index (χ0) is 13.8. The van der Waals surface area contributed by atoms with Gasteiger partial charge in [0.15, 0.2) is 0 Å². The topological polar surface area (TPSA) is 52.6 Å². The normalized spacial score (nSPS) is 16.6. The van der Waals surface area contributed by atoms with E-state index in [1.165, 1.54) is 12.1 Å². The molecule has 0 bridgehead atoms. The second-order valence-electron chi connectivity index (χ2n) is 4.79. The van der Waals surface area contributed by atoms with E-state index in [0.29, 0.717) is 16.6 Å². The molecule has 1 saturated heterocycles. The molecule has 0 aromatic heterocycles. The first-order valence-electron chi connectivity index (χ1n) is 6.63. The summed E-state index contributed by atoms with van der Waals surface area (Å²) in [6, 6.07) is 4.96. The van der Waals surface area contributed by atoms with Gasteiger partial charge in [-0.15, -0.1) is 0 Å². The molecule has 1 aliphatic heterocycles. The van der Waals surface area contributed by atoms with E-state index in [2.05, 4.69) is 12.2 Å². The Labute approximate surface area is 118 Å². The first-order chi connectivity index (χ1) is 9.11. The fourth-order valence-electron chi connectivity index (χ4n) is 2.42. The molecule has 2 N–H and O–H groups in total. The highest BCUT2D eigenvalue weighted by atomic mass is 35.5. The largest absolute Gasteiger partial charge is 0.508 e. The number of likely N-dealkylation sites (tertiary alicyclic amines) is 1. The van der Waals surface area contributed by atoms with E-state index >= 15 is 0 Å². The van der Waals surface area contributed by atoms with Crippen molar-refractivity contribution in [3.8, 4) is 5.75 Å². The van der Waals surface area contributed by atoms with E-state index in [1.54, 1.807) is 11.0 Å². The maximum Gasteiger partial charge on any atom is 0.255 e. The molecule has 0 radical (unpaired) electrons. The lowest BCUT2D eigenvalue weighted by Gasteiger charge is -2.32. The molecule has 0 unspecified atom stereocenters. The first kappa shape index (κ1) is 14.2. The van der Waals surface area contributed by atoms with Gasteiger partial charge in [-0.25, -0.2) is 0 Å². The van der Waals surface area contributed by atoms with Crippen molar-refractivity contribution in [2.24, 2.45) is 0 Å². The second kappa shape index (κ2) is 6.26. The lowest BCUT2D eigenvalue weighted by atomic mass is 10.0. The quantitative estimate of drug-likeness (QED) is 0.894. The van der Waals surface area contributed by atoms with E-state index in [0.717, 1.165) is 32.5 Å². The number of hydrogen-bond donors (Lipinski definition) is 2. The molecule has 5 heteroatoms. The average Bonchev–Trinajstić information content (AvgIpc) is 2.42. The van der Waals surface area contributed by atoms with Gasteiger partial charge in [-0.1, -0.05) is 18.5 Å². The third-order valence-corrected chi connectivity index (χ3v) is 3.78. The van der Waals surface area contributed by atoms with E-state index < -0.39 is 0 Å². The van der Waals surface area contributed by atoms with Gasteiger partial charge in [0.05, 0.1) is 10.6 Å². The molecule has 1 fully saturated rings. The van der Waals surface area contributed by atoms with Crippen molar-refractivity contribution in [1.82, 2.24) is 10.2 Å². The first-order valence-corrected chi connectivity index (χ1v) is 7.00. The highest BCUT2D eigenvalue weighted by Crippen LogP contribution is 2.24. The van der Waals surface area contributed by atoms with Crippen molar-refractivity contribution in [3.63, 3.8) is 0 Å². The standard InChI is InChI=1S/C14H19ClN2O2/c1-2-16-10-5-7-17(8-6-10)14(19)12-9-11(18)3-4-13(12)15/h3-4,9-10,16,18H,2,5-8H2,1H3. The minimum absolute atomic E-state index is 0.0651. The maximum absolute atomic E-state index is 12.3. The third kappa shape index (κ3) is 3.39. The maximum atomic E-state index is 12.3. The molecule has 19 heavy (non-hydrogen) atoms. The SMILES string of the molecule is CCNC1CCN(C(=O)c2cc(O)ccc2Cl)CC1. The van der Waals surface area contributed by atoms with Gasteiger partial charge in [-0.2, -0.15) is 0 Å². The summed E-state index contributed by atoms with van der Waals surface area (Å²) in [5.74, 6) is -0.0360. The number of amides is 1. The molecule has 0 spiro atoms. The lowest BCUT2D eigenvalue weighted by molar-refractivity contribution is 0.0705. The third-order valence-electron chi connectivity index (χ3n) is 3.46. The molecule has 1 amide bonds. The Balaban J connectivity index is 2.03. The van der Waals surface area contributed by atoms with Crippen LogP contribution in [0.1, 0.15) is 30.1 Å². The molecule has 1 aliphatic rings. The number of hydrogen-bond acceptors (Lipinski definition) is 3. The summed E-state index contributed by atoms with van der Waals surface area (Å²) in [5, 5.41) is 13.2. The molecular weight excluding hydrogens is 264 g/mol. The van der Waals surface area contributed by atoms with Crippen LogP contribution in [0.5, 0.6) is 5.75 Å². The van der Waals surface area contributed by atoms with Crippen molar-refractivity contribution >= 4 is 17.5 Å². The Hall–Kier alpha value is -1.26. The minimum atomic E-state index is -0.101. The van der Waals surface area contributed by atoms with Gasteiger partial charge in [-0.05, 0) is 37.6 Å². The van der Waals surface area contributed by atoms with Crippen LogP contribution in [-0.4, -0.2) is 41.6 Å². The number of phenolic OH excluding ortho intramolecular Hbond substituents is 1. The number of nitrogens with zero attached hydrogens (tertiary/aromatic N) is 1. The molecular formula is C14H19ClN2O2. The van der Waals surface area contributed by atoms with Gasteiger partial charge in [0.2, 0.25) is 0 Å². The van der Waals surface area contributed by atoms with Crippen LogP contribution in [-0.2, 0) is 0 Å². The van der Waals surface area contributed by atoms with Crippen LogP contribution in [0.4, 0.5) is 0 Å². The molecule has 1 aromatic carbocycles. The van der Waals surface area contributed by atoms with Crippen LogP contribution in [0.25, 0.3) is 0 Å². The Kier molecular flexibility index (Phi) is 4.66. The molecule has 1 heterocycles.